The number of nitrogens with zero attached hydrogens (tertiary/aromatic N) is 1. The van der Waals surface area contributed by atoms with Crippen molar-refractivity contribution < 1.29 is 0 Å². The van der Waals surface area contributed by atoms with Crippen LogP contribution in [0.3, 0.4) is 0 Å². The Morgan fingerprint density at radius 3 is 1.92 bits per heavy atom. The van der Waals surface area contributed by atoms with Gasteiger partial charge in [0, 0.05) is 18.4 Å². The van der Waals surface area contributed by atoms with Crippen LogP contribution in [0.5, 0.6) is 0 Å². The van der Waals surface area contributed by atoms with Gasteiger partial charge >= 0.3 is 0 Å². The predicted molar refractivity (Wildman–Crippen MR) is 173 cm³/mol. The summed E-state index contributed by atoms with van der Waals surface area (Å²) < 4.78 is 0. The number of hydrogen-bond donors (Lipinski definition) is 0. The van der Waals surface area contributed by atoms with E-state index in [4.69, 9.17) is 0 Å². The van der Waals surface area contributed by atoms with E-state index in [0.717, 1.165) is 37.7 Å². The molecule has 0 unspecified atom stereocenters. The maximum absolute atomic E-state index is 4.14. The zero-order valence-corrected chi connectivity index (χ0v) is 26.5. The zero-order chi connectivity index (χ0) is 27.9. The average Bonchev–Trinajstić information content (AvgIpc) is 2.84. The van der Waals surface area contributed by atoms with Crippen molar-refractivity contribution in [3.8, 4) is 11.1 Å². The third-order valence-electron chi connectivity index (χ3n) is 7.68. The fourth-order valence-corrected chi connectivity index (χ4v) is 6.15. The molecule has 0 aliphatic carbocycles. The van der Waals surface area contributed by atoms with Crippen LogP contribution in [0.25, 0.3) is 17.2 Å². The maximum atomic E-state index is 4.14. The van der Waals surface area contributed by atoms with Gasteiger partial charge in [0.05, 0.1) is 0 Å². The first-order valence-electron chi connectivity index (χ1n) is 14.2. The van der Waals surface area contributed by atoms with E-state index in [9.17, 15) is 0 Å². The van der Waals surface area contributed by atoms with Gasteiger partial charge < -0.3 is 4.90 Å². The second-order valence-electron chi connectivity index (χ2n) is 12.2. The van der Waals surface area contributed by atoms with Crippen molar-refractivity contribution in [2.24, 2.45) is 5.41 Å². The number of aryl methyl sites for hydroxylation is 4. The lowest BCUT2D eigenvalue weighted by molar-refractivity contribution is 0.220. The van der Waals surface area contributed by atoms with E-state index in [-0.39, 0.29) is 5.41 Å². The van der Waals surface area contributed by atoms with Crippen LogP contribution >= 0.6 is 15.9 Å². The Hall–Kier alpha value is -2.16. The first-order chi connectivity index (χ1) is 18.0. The largest absolute Gasteiger partial charge is 0.302 e. The Bertz CT molecular complexity index is 1230. The minimum atomic E-state index is 0.289. The van der Waals surface area contributed by atoms with E-state index in [1.54, 1.807) is 0 Å². The molecule has 1 nitrogen and oxygen atoms in total. The van der Waals surface area contributed by atoms with Gasteiger partial charge in [-0.2, -0.15) is 0 Å². The zero-order valence-electron chi connectivity index (χ0n) is 24.9. The maximum Gasteiger partial charge on any atom is 0.0236 e. The fourth-order valence-electron chi connectivity index (χ4n) is 5.76. The van der Waals surface area contributed by atoms with E-state index in [2.05, 4.69) is 125 Å². The number of halogens is 1. The standard InChI is InChI=1S/C36H48BrN/c1-9-29-23-32(26(2)22-33(29)24-38(8)25-36(5,6)7)20-19-31-16-13-18-35(28(31)4)34-17-12-15-30(27(34)3)14-10-11-21-37/h9,12-13,15-18,22-23H,1,10-11,14,19-21,24-25H2,2-8H3. The Kier molecular flexibility index (Phi) is 11.0. The summed E-state index contributed by atoms with van der Waals surface area (Å²) in [5, 5.41) is 1.08. The van der Waals surface area contributed by atoms with Crippen molar-refractivity contribution in [1.29, 1.82) is 0 Å². The highest BCUT2D eigenvalue weighted by molar-refractivity contribution is 9.09. The number of benzene rings is 3. The summed E-state index contributed by atoms with van der Waals surface area (Å²) >= 11 is 3.57. The van der Waals surface area contributed by atoms with Crippen molar-refractivity contribution in [3.63, 3.8) is 0 Å². The highest BCUT2D eigenvalue weighted by Crippen LogP contribution is 2.32. The van der Waals surface area contributed by atoms with Gasteiger partial charge in [-0.25, -0.2) is 0 Å². The van der Waals surface area contributed by atoms with Gasteiger partial charge in [0.25, 0.3) is 0 Å². The quantitative estimate of drug-likeness (QED) is 0.154. The van der Waals surface area contributed by atoms with Crippen LogP contribution in [-0.4, -0.2) is 23.8 Å². The van der Waals surface area contributed by atoms with Crippen LogP contribution in [0, 0.1) is 26.2 Å². The van der Waals surface area contributed by atoms with Gasteiger partial charge in [-0.1, -0.05) is 97.9 Å². The summed E-state index contributed by atoms with van der Waals surface area (Å²) in [5.74, 6) is 0. The van der Waals surface area contributed by atoms with Gasteiger partial charge in [-0.05, 0) is 121 Å². The number of hydrogen-bond acceptors (Lipinski definition) is 1. The first kappa shape index (κ1) is 30.4. The molecular formula is C36H48BrN. The molecule has 0 aliphatic rings. The van der Waals surface area contributed by atoms with E-state index < -0.39 is 0 Å². The second kappa shape index (κ2) is 13.8. The molecule has 2 heteroatoms. The molecule has 0 spiro atoms. The minimum absolute atomic E-state index is 0.289. The summed E-state index contributed by atoms with van der Waals surface area (Å²) in [6, 6.07) is 18.5. The molecule has 0 fully saturated rings. The second-order valence-corrected chi connectivity index (χ2v) is 13.0. The fraction of sp³-hybridized carbons (Fsp3) is 0.444. The van der Waals surface area contributed by atoms with Crippen molar-refractivity contribution in [1.82, 2.24) is 4.90 Å². The third-order valence-corrected chi connectivity index (χ3v) is 8.24. The number of alkyl halides is 1. The van der Waals surface area contributed by atoms with E-state index in [1.165, 1.54) is 68.5 Å². The van der Waals surface area contributed by atoms with Crippen LogP contribution in [0.4, 0.5) is 0 Å². The molecule has 0 radical (unpaired) electrons. The number of rotatable bonds is 12. The highest BCUT2D eigenvalue weighted by Gasteiger charge is 2.16. The summed E-state index contributed by atoms with van der Waals surface area (Å²) in [4.78, 5) is 2.43. The predicted octanol–water partition coefficient (Wildman–Crippen LogP) is 9.90. The van der Waals surface area contributed by atoms with E-state index >= 15 is 0 Å². The molecule has 0 N–H and O–H groups in total. The normalized spacial score (nSPS) is 11.8. The summed E-state index contributed by atoms with van der Waals surface area (Å²) in [5.41, 5.74) is 14.3. The van der Waals surface area contributed by atoms with Gasteiger partial charge in [0.15, 0.2) is 0 Å². The Labute approximate surface area is 241 Å². The Balaban J connectivity index is 1.80. The Morgan fingerprint density at radius 1 is 0.789 bits per heavy atom. The van der Waals surface area contributed by atoms with E-state index in [0.29, 0.717) is 0 Å². The molecule has 0 heterocycles. The van der Waals surface area contributed by atoms with Crippen LogP contribution in [0.1, 0.15) is 78.1 Å². The molecule has 0 aromatic heterocycles. The van der Waals surface area contributed by atoms with Crippen LogP contribution in [-0.2, 0) is 25.8 Å². The molecule has 0 saturated heterocycles. The molecule has 204 valence electrons. The first-order valence-corrected chi connectivity index (χ1v) is 15.3. The summed E-state index contributed by atoms with van der Waals surface area (Å²) in [6.45, 7) is 19.9. The average molecular weight is 575 g/mol. The highest BCUT2D eigenvalue weighted by atomic mass is 79.9. The van der Waals surface area contributed by atoms with Gasteiger partial charge in [-0.15, -0.1) is 0 Å². The molecule has 3 aromatic carbocycles. The Morgan fingerprint density at radius 2 is 1.37 bits per heavy atom. The minimum Gasteiger partial charge on any atom is -0.302 e. The van der Waals surface area contributed by atoms with Gasteiger partial charge in [0.2, 0.25) is 0 Å². The molecule has 0 bridgehead atoms. The topological polar surface area (TPSA) is 3.24 Å². The third kappa shape index (κ3) is 8.17. The molecule has 3 rings (SSSR count). The molecule has 0 amide bonds. The lowest BCUT2D eigenvalue weighted by Crippen LogP contribution is -2.29. The molecular weight excluding hydrogens is 526 g/mol. The van der Waals surface area contributed by atoms with E-state index in [1.807, 2.05) is 6.08 Å². The number of unbranched alkanes of at least 4 members (excludes halogenated alkanes) is 1. The van der Waals surface area contributed by atoms with Crippen molar-refractivity contribution in [2.45, 2.75) is 80.2 Å². The molecule has 0 saturated carbocycles. The molecule has 0 atom stereocenters. The molecule has 0 aliphatic heterocycles. The lowest BCUT2D eigenvalue weighted by Gasteiger charge is -2.27. The summed E-state index contributed by atoms with van der Waals surface area (Å²) in [7, 11) is 2.22. The monoisotopic (exact) mass is 573 g/mol. The summed E-state index contributed by atoms with van der Waals surface area (Å²) in [6.07, 6.45) is 7.72. The van der Waals surface area contributed by atoms with Crippen molar-refractivity contribution in [2.75, 3.05) is 18.9 Å². The van der Waals surface area contributed by atoms with Crippen molar-refractivity contribution in [3.05, 3.63) is 99.6 Å². The van der Waals surface area contributed by atoms with Gasteiger partial charge in [-0.3, -0.25) is 0 Å². The molecule has 3 aromatic rings. The van der Waals surface area contributed by atoms with Crippen LogP contribution in [0.15, 0.2) is 55.1 Å². The smallest absolute Gasteiger partial charge is 0.0236 e. The lowest BCUT2D eigenvalue weighted by atomic mass is 9.88. The van der Waals surface area contributed by atoms with Crippen LogP contribution in [0.2, 0.25) is 0 Å². The van der Waals surface area contributed by atoms with Crippen molar-refractivity contribution >= 4 is 22.0 Å². The van der Waals surface area contributed by atoms with Gasteiger partial charge in [0.1, 0.15) is 0 Å². The van der Waals surface area contributed by atoms with Crippen LogP contribution < -0.4 is 0 Å². The SMILES string of the molecule is C=Cc1cc(CCc2cccc(-c3cccc(CCCCBr)c3C)c2C)c(C)cc1CN(C)CC(C)(C)C. The molecule has 38 heavy (non-hydrogen) atoms.